The second-order valence-corrected chi connectivity index (χ2v) is 4.32. The van der Waals surface area contributed by atoms with Crippen LogP contribution in [0.25, 0.3) is 0 Å². The number of piperidine rings is 1. The van der Waals surface area contributed by atoms with Crippen LogP contribution in [0.3, 0.4) is 0 Å². The first-order valence-electron chi connectivity index (χ1n) is 4.70. The van der Waals surface area contributed by atoms with E-state index in [1.165, 1.54) is 0 Å². The highest BCUT2D eigenvalue weighted by molar-refractivity contribution is 5.68. The Labute approximate surface area is 76.5 Å². The third-order valence-electron chi connectivity index (χ3n) is 3.00. The molecule has 1 N–H and O–H groups in total. The Morgan fingerprint density at radius 2 is 2.46 bits per heavy atom. The van der Waals surface area contributed by atoms with Crippen LogP contribution in [0.5, 0.6) is 0 Å². The third-order valence-corrected chi connectivity index (χ3v) is 3.00. The molecule has 0 aromatic rings. The van der Waals surface area contributed by atoms with E-state index in [-0.39, 0.29) is 6.42 Å². The molecule has 2 rings (SSSR count). The van der Waals surface area contributed by atoms with Crippen LogP contribution >= 0.6 is 0 Å². The molecule has 74 valence electrons. The molecule has 0 aromatic heterocycles. The van der Waals surface area contributed by atoms with Crippen LogP contribution in [-0.4, -0.2) is 41.3 Å². The molecule has 0 radical (unpaired) electrons. The van der Waals surface area contributed by atoms with Crippen molar-refractivity contribution in [2.75, 3.05) is 19.6 Å². The highest BCUT2D eigenvalue weighted by atomic mass is 19.1. The zero-order valence-corrected chi connectivity index (χ0v) is 7.50. The maximum Gasteiger partial charge on any atom is 0.306 e. The Kier molecular flexibility index (Phi) is 2.02. The quantitative estimate of drug-likeness (QED) is 0.698. The van der Waals surface area contributed by atoms with E-state index in [4.69, 9.17) is 5.11 Å². The Balaban J connectivity index is 2.03. The predicted octanol–water partition coefficient (Wildman–Crippen LogP) is 0.895. The number of hydrogen-bond donors (Lipinski definition) is 1. The van der Waals surface area contributed by atoms with Gasteiger partial charge in [-0.15, -0.1) is 0 Å². The van der Waals surface area contributed by atoms with Gasteiger partial charge in [0, 0.05) is 13.1 Å². The van der Waals surface area contributed by atoms with Gasteiger partial charge in [0.1, 0.15) is 5.67 Å². The second-order valence-electron chi connectivity index (χ2n) is 4.32. The standard InChI is InChI=1S/C9H14FNO2/c10-9(4-8(12)13)3-7-1-2-11(5-7)6-9/h7H,1-6H2,(H,12,13). The van der Waals surface area contributed by atoms with Crippen LogP contribution in [0.15, 0.2) is 0 Å². The fourth-order valence-electron chi connectivity index (χ4n) is 2.60. The largest absolute Gasteiger partial charge is 0.481 e. The van der Waals surface area contributed by atoms with Gasteiger partial charge in [-0.25, -0.2) is 4.39 Å². The van der Waals surface area contributed by atoms with Crippen molar-refractivity contribution in [3.8, 4) is 0 Å². The number of halogens is 1. The van der Waals surface area contributed by atoms with Crippen molar-refractivity contribution >= 4 is 5.97 Å². The van der Waals surface area contributed by atoms with Gasteiger partial charge in [-0.2, -0.15) is 0 Å². The summed E-state index contributed by atoms with van der Waals surface area (Å²) in [5.41, 5.74) is -1.47. The lowest BCUT2D eigenvalue weighted by molar-refractivity contribution is -0.141. The minimum Gasteiger partial charge on any atom is -0.481 e. The summed E-state index contributed by atoms with van der Waals surface area (Å²) in [6.45, 7) is 2.22. The molecule has 4 heteroatoms. The number of carboxylic acid groups (broad SMARTS) is 1. The fraction of sp³-hybridized carbons (Fsp3) is 0.889. The van der Waals surface area contributed by atoms with E-state index in [0.29, 0.717) is 18.9 Å². The van der Waals surface area contributed by atoms with E-state index in [2.05, 4.69) is 0 Å². The monoisotopic (exact) mass is 187 g/mol. The minimum atomic E-state index is -1.47. The zero-order valence-electron chi connectivity index (χ0n) is 7.50. The summed E-state index contributed by atoms with van der Waals surface area (Å²) in [5.74, 6) is -0.636. The lowest BCUT2D eigenvalue weighted by Gasteiger charge is -2.34. The topological polar surface area (TPSA) is 40.5 Å². The van der Waals surface area contributed by atoms with Gasteiger partial charge < -0.3 is 5.11 Å². The van der Waals surface area contributed by atoms with Gasteiger partial charge in [-0.1, -0.05) is 0 Å². The van der Waals surface area contributed by atoms with Gasteiger partial charge >= 0.3 is 5.97 Å². The van der Waals surface area contributed by atoms with Crippen molar-refractivity contribution < 1.29 is 14.3 Å². The Bertz CT molecular complexity index is 220. The SMILES string of the molecule is O=C(O)CC1(F)CC2CCN(C2)C1. The Hall–Kier alpha value is -0.640. The average Bonchev–Trinajstić information content (AvgIpc) is 2.27. The molecular weight excluding hydrogens is 173 g/mol. The van der Waals surface area contributed by atoms with Crippen LogP contribution in [0.2, 0.25) is 0 Å². The number of carboxylic acids is 1. The summed E-state index contributed by atoms with van der Waals surface area (Å²) >= 11 is 0. The van der Waals surface area contributed by atoms with Crippen molar-refractivity contribution in [2.45, 2.75) is 24.9 Å². The molecule has 0 saturated carbocycles. The summed E-state index contributed by atoms with van der Waals surface area (Å²) in [6, 6.07) is 0. The first-order chi connectivity index (χ1) is 6.07. The molecule has 3 nitrogen and oxygen atoms in total. The maximum atomic E-state index is 13.9. The smallest absolute Gasteiger partial charge is 0.306 e. The van der Waals surface area contributed by atoms with Crippen LogP contribution in [0, 0.1) is 5.92 Å². The molecule has 0 aliphatic carbocycles. The van der Waals surface area contributed by atoms with Crippen LogP contribution in [0.4, 0.5) is 4.39 Å². The number of nitrogens with zero attached hydrogens (tertiary/aromatic N) is 1. The van der Waals surface area contributed by atoms with Crippen LogP contribution < -0.4 is 0 Å². The summed E-state index contributed by atoms with van der Waals surface area (Å²) in [6.07, 6.45) is 1.14. The summed E-state index contributed by atoms with van der Waals surface area (Å²) < 4.78 is 13.9. The second kappa shape index (κ2) is 2.94. The van der Waals surface area contributed by atoms with Crippen molar-refractivity contribution in [2.24, 2.45) is 5.92 Å². The number of carbonyl (C=O) groups is 1. The van der Waals surface area contributed by atoms with Crippen molar-refractivity contribution in [3.63, 3.8) is 0 Å². The van der Waals surface area contributed by atoms with Crippen molar-refractivity contribution in [1.82, 2.24) is 4.90 Å². The van der Waals surface area contributed by atoms with Crippen molar-refractivity contribution in [1.29, 1.82) is 0 Å². The zero-order chi connectivity index (χ0) is 9.47. The van der Waals surface area contributed by atoms with E-state index in [9.17, 15) is 9.18 Å². The summed E-state index contributed by atoms with van der Waals surface area (Å²) in [7, 11) is 0. The lowest BCUT2D eigenvalue weighted by atomic mass is 9.86. The van der Waals surface area contributed by atoms with Gasteiger partial charge in [-0.05, 0) is 25.3 Å². The molecule has 2 aliphatic heterocycles. The molecule has 3 unspecified atom stereocenters. The van der Waals surface area contributed by atoms with E-state index in [1.807, 2.05) is 4.90 Å². The van der Waals surface area contributed by atoms with Crippen molar-refractivity contribution in [3.05, 3.63) is 0 Å². The average molecular weight is 187 g/mol. The number of rotatable bonds is 2. The molecule has 2 bridgehead atoms. The Morgan fingerprint density at radius 3 is 3.08 bits per heavy atom. The number of aliphatic carboxylic acids is 1. The van der Waals surface area contributed by atoms with Gasteiger partial charge in [0.15, 0.2) is 0 Å². The predicted molar refractivity (Wildman–Crippen MR) is 45.3 cm³/mol. The van der Waals surface area contributed by atoms with E-state index in [1.54, 1.807) is 0 Å². The van der Waals surface area contributed by atoms with E-state index < -0.39 is 11.6 Å². The summed E-state index contributed by atoms with van der Waals surface area (Å²) in [5, 5.41) is 8.57. The van der Waals surface area contributed by atoms with Crippen LogP contribution in [0.1, 0.15) is 19.3 Å². The molecule has 0 aromatic carbocycles. The number of hydrogen-bond acceptors (Lipinski definition) is 2. The molecule has 0 amide bonds. The molecule has 2 heterocycles. The molecule has 2 aliphatic rings. The third kappa shape index (κ3) is 1.82. The molecule has 0 spiro atoms. The molecule has 3 atom stereocenters. The highest BCUT2D eigenvalue weighted by Gasteiger charge is 2.44. The lowest BCUT2D eigenvalue weighted by Crippen LogP contribution is -2.45. The minimum absolute atomic E-state index is 0.315. The molecular formula is C9H14FNO2. The molecule has 13 heavy (non-hydrogen) atoms. The fourth-order valence-corrected chi connectivity index (χ4v) is 2.60. The Morgan fingerprint density at radius 1 is 1.69 bits per heavy atom. The van der Waals surface area contributed by atoms with Gasteiger partial charge in [0.05, 0.1) is 6.42 Å². The first kappa shape index (κ1) is 8.94. The molecule has 2 fully saturated rings. The van der Waals surface area contributed by atoms with Crippen LogP contribution in [-0.2, 0) is 4.79 Å². The number of alkyl halides is 1. The van der Waals surface area contributed by atoms with Gasteiger partial charge in [0.2, 0.25) is 0 Å². The molecule has 2 saturated heterocycles. The van der Waals surface area contributed by atoms with E-state index >= 15 is 0 Å². The number of fused-ring (bicyclic) bond motifs is 2. The van der Waals surface area contributed by atoms with Gasteiger partial charge in [0.25, 0.3) is 0 Å². The summed E-state index contributed by atoms with van der Waals surface area (Å²) in [4.78, 5) is 12.5. The van der Waals surface area contributed by atoms with E-state index in [0.717, 1.165) is 19.5 Å². The highest BCUT2D eigenvalue weighted by Crippen LogP contribution is 2.37. The maximum absolute atomic E-state index is 13.9. The van der Waals surface area contributed by atoms with Gasteiger partial charge in [-0.3, -0.25) is 9.69 Å². The normalized spacial score (nSPS) is 43.5. The first-order valence-corrected chi connectivity index (χ1v) is 4.70.